The molecule has 0 aliphatic heterocycles. The van der Waals surface area contributed by atoms with Crippen LogP contribution in [0.4, 0.5) is 0 Å². The molecule has 1 rings (SSSR count). The Bertz CT molecular complexity index is 220. The van der Waals surface area contributed by atoms with Gasteiger partial charge in [-0.15, -0.1) is 0 Å². The van der Waals surface area contributed by atoms with Gasteiger partial charge in [0.05, 0.1) is 12.2 Å². The maximum Gasteiger partial charge on any atom is 0.220 e. The van der Waals surface area contributed by atoms with E-state index in [1.807, 2.05) is 6.92 Å². The van der Waals surface area contributed by atoms with Gasteiger partial charge in [0.15, 0.2) is 0 Å². The zero-order chi connectivity index (χ0) is 12.0. The number of carbonyl (C=O) groups is 1. The smallest absolute Gasteiger partial charge is 0.220 e. The van der Waals surface area contributed by atoms with Crippen LogP contribution in [0.3, 0.4) is 0 Å². The van der Waals surface area contributed by atoms with E-state index in [0.29, 0.717) is 13.0 Å². The van der Waals surface area contributed by atoms with Crippen LogP contribution in [0, 0.1) is 5.92 Å². The van der Waals surface area contributed by atoms with Crippen molar-refractivity contribution in [3.63, 3.8) is 0 Å². The van der Waals surface area contributed by atoms with Gasteiger partial charge in [-0.25, -0.2) is 0 Å². The Labute approximate surface area is 97.4 Å². The molecule has 1 fully saturated rings. The van der Waals surface area contributed by atoms with Crippen molar-refractivity contribution >= 4 is 5.91 Å². The summed E-state index contributed by atoms with van der Waals surface area (Å²) in [6.07, 6.45) is 4.12. The van der Waals surface area contributed by atoms with Crippen LogP contribution in [0.15, 0.2) is 0 Å². The summed E-state index contributed by atoms with van der Waals surface area (Å²) in [6.45, 7) is 2.56. The second kappa shape index (κ2) is 6.86. The molecule has 0 aromatic heterocycles. The first kappa shape index (κ1) is 13.5. The molecular formula is C12H23NO3. The Morgan fingerprint density at radius 3 is 2.88 bits per heavy atom. The van der Waals surface area contributed by atoms with Gasteiger partial charge in [0, 0.05) is 26.0 Å². The summed E-state index contributed by atoms with van der Waals surface area (Å²) >= 11 is 0. The van der Waals surface area contributed by atoms with Gasteiger partial charge >= 0.3 is 0 Å². The molecule has 3 atom stereocenters. The van der Waals surface area contributed by atoms with E-state index in [9.17, 15) is 9.90 Å². The van der Waals surface area contributed by atoms with Crippen LogP contribution in [-0.2, 0) is 9.53 Å². The van der Waals surface area contributed by atoms with Crippen molar-refractivity contribution < 1.29 is 14.6 Å². The molecule has 2 N–H and O–H groups in total. The van der Waals surface area contributed by atoms with E-state index in [4.69, 9.17) is 4.74 Å². The fourth-order valence-corrected chi connectivity index (χ4v) is 2.04. The fourth-order valence-electron chi connectivity index (χ4n) is 2.04. The number of methoxy groups -OCH3 is 1. The molecule has 0 spiro atoms. The van der Waals surface area contributed by atoms with Crippen LogP contribution < -0.4 is 5.32 Å². The molecule has 0 aromatic rings. The van der Waals surface area contributed by atoms with Crippen LogP contribution >= 0.6 is 0 Å². The minimum atomic E-state index is -0.224. The highest BCUT2D eigenvalue weighted by molar-refractivity contribution is 5.75. The maximum absolute atomic E-state index is 11.5. The van der Waals surface area contributed by atoms with Gasteiger partial charge in [0.25, 0.3) is 0 Å². The molecule has 1 aliphatic rings. The van der Waals surface area contributed by atoms with E-state index in [1.165, 1.54) is 0 Å². The van der Waals surface area contributed by atoms with Gasteiger partial charge in [-0.05, 0) is 26.2 Å². The Kier molecular flexibility index (Phi) is 5.77. The van der Waals surface area contributed by atoms with Crippen LogP contribution in [0.1, 0.15) is 39.0 Å². The standard InChI is InChI=1S/C12H23NO3/c1-9(16-2)6-7-12(15)13-8-10-4-3-5-11(10)14/h9-11,14H,3-8H2,1-2H3,(H,13,15). The third-order valence-electron chi connectivity index (χ3n) is 3.36. The van der Waals surface area contributed by atoms with E-state index in [-0.39, 0.29) is 24.0 Å². The zero-order valence-electron chi connectivity index (χ0n) is 10.2. The number of nitrogens with one attached hydrogen (secondary N) is 1. The lowest BCUT2D eigenvalue weighted by Crippen LogP contribution is -2.32. The topological polar surface area (TPSA) is 58.6 Å². The van der Waals surface area contributed by atoms with Gasteiger partial charge in [-0.2, -0.15) is 0 Å². The SMILES string of the molecule is COC(C)CCC(=O)NCC1CCCC1O. The highest BCUT2D eigenvalue weighted by atomic mass is 16.5. The van der Waals surface area contributed by atoms with Crippen LogP contribution in [-0.4, -0.2) is 36.9 Å². The number of aliphatic hydroxyl groups is 1. The molecule has 3 unspecified atom stereocenters. The Balaban J connectivity index is 2.10. The molecule has 1 amide bonds. The van der Waals surface area contributed by atoms with Gasteiger partial charge < -0.3 is 15.2 Å². The summed E-state index contributed by atoms with van der Waals surface area (Å²) in [6, 6.07) is 0. The number of hydrogen-bond donors (Lipinski definition) is 2. The lowest BCUT2D eigenvalue weighted by Gasteiger charge is -2.15. The summed E-state index contributed by atoms with van der Waals surface area (Å²) in [7, 11) is 1.65. The normalized spacial score (nSPS) is 26.7. The minimum absolute atomic E-state index is 0.0583. The Hall–Kier alpha value is -0.610. The first-order valence-electron chi connectivity index (χ1n) is 6.11. The molecule has 4 heteroatoms. The van der Waals surface area contributed by atoms with Crippen molar-refractivity contribution in [2.75, 3.05) is 13.7 Å². The van der Waals surface area contributed by atoms with E-state index >= 15 is 0 Å². The number of ether oxygens (including phenoxy) is 1. The summed E-state index contributed by atoms with van der Waals surface area (Å²) < 4.78 is 5.08. The molecule has 0 radical (unpaired) electrons. The third kappa shape index (κ3) is 4.49. The number of aliphatic hydroxyl groups excluding tert-OH is 1. The number of amides is 1. The number of rotatable bonds is 6. The first-order valence-corrected chi connectivity index (χ1v) is 6.11. The molecule has 94 valence electrons. The quantitative estimate of drug-likeness (QED) is 0.716. The summed E-state index contributed by atoms with van der Waals surface area (Å²) in [5.41, 5.74) is 0. The molecular weight excluding hydrogens is 206 g/mol. The fraction of sp³-hybridized carbons (Fsp3) is 0.917. The highest BCUT2D eigenvalue weighted by Crippen LogP contribution is 2.24. The average Bonchev–Trinajstić information content (AvgIpc) is 2.69. The van der Waals surface area contributed by atoms with Crippen molar-refractivity contribution in [1.29, 1.82) is 0 Å². The van der Waals surface area contributed by atoms with Crippen LogP contribution in [0.2, 0.25) is 0 Å². The van der Waals surface area contributed by atoms with E-state index < -0.39 is 0 Å². The largest absolute Gasteiger partial charge is 0.393 e. The lowest BCUT2D eigenvalue weighted by molar-refractivity contribution is -0.122. The monoisotopic (exact) mass is 229 g/mol. The highest BCUT2D eigenvalue weighted by Gasteiger charge is 2.25. The third-order valence-corrected chi connectivity index (χ3v) is 3.36. The van der Waals surface area contributed by atoms with Gasteiger partial charge in [0.2, 0.25) is 5.91 Å². The van der Waals surface area contributed by atoms with Crippen LogP contribution in [0.25, 0.3) is 0 Å². The molecule has 1 aliphatic carbocycles. The molecule has 0 saturated heterocycles. The second-order valence-corrected chi connectivity index (χ2v) is 4.65. The number of hydrogen-bond acceptors (Lipinski definition) is 3. The Morgan fingerprint density at radius 1 is 1.56 bits per heavy atom. The number of carbonyl (C=O) groups excluding carboxylic acids is 1. The molecule has 16 heavy (non-hydrogen) atoms. The zero-order valence-corrected chi connectivity index (χ0v) is 10.2. The molecule has 4 nitrogen and oxygen atoms in total. The average molecular weight is 229 g/mol. The van der Waals surface area contributed by atoms with E-state index in [2.05, 4.69) is 5.32 Å². The van der Waals surface area contributed by atoms with Crippen LogP contribution in [0.5, 0.6) is 0 Å². The van der Waals surface area contributed by atoms with Gasteiger partial charge in [-0.3, -0.25) is 4.79 Å². The van der Waals surface area contributed by atoms with Gasteiger partial charge in [0.1, 0.15) is 0 Å². The lowest BCUT2D eigenvalue weighted by atomic mass is 10.1. The molecule has 0 aromatic carbocycles. The predicted octanol–water partition coefficient (Wildman–Crippen LogP) is 1.08. The maximum atomic E-state index is 11.5. The Morgan fingerprint density at radius 2 is 2.31 bits per heavy atom. The molecule has 1 saturated carbocycles. The second-order valence-electron chi connectivity index (χ2n) is 4.65. The van der Waals surface area contributed by atoms with E-state index in [1.54, 1.807) is 7.11 Å². The first-order chi connectivity index (χ1) is 7.63. The molecule has 0 heterocycles. The predicted molar refractivity (Wildman–Crippen MR) is 62.1 cm³/mol. The van der Waals surface area contributed by atoms with Crippen molar-refractivity contribution in [1.82, 2.24) is 5.32 Å². The van der Waals surface area contributed by atoms with Crippen molar-refractivity contribution in [2.24, 2.45) is 5.92 Å². The molecule has 0 bridgehead atoms. The van der Waals surface area contributed by atoms with Gasteiger partial charge in [-0.1, -0.05) is 6.42 Å². The van der Waals surface area contributed by atoms with E-state index in [0.717, 1.165) is 25.7 Å². The summed E-state index contributed by atoms with van der Waals surface area (Å²) in [4.78, 5) is 11.5. The minimum Gasteiger partial charge on any atom is -0.393 e. The summed E-state index contributed by atoms with van der Waals surface area (Å²) in [5, 5.41) is 12.5. The van der Waals surface area contributed by atoms with Crippen molar-refractivity contribution in [2.45, 2.75) is 51.2 Å². The summed E-state index contributed by atoms with van der Waals surface area (Å²) in [5.74, 6) is 0.312. The van der Waals surface area contributed by atoms with Crippen molar-refractivity contribution in [3.05, 3.63) is 0 Å². The van der Waals surface area contributed by atoms with Crippen molar-refractivity contribution in [3.8, 4) is 0 Å².